The van der Waals surface area contributed by atoms with E-state index in [0.29, 0.717) is 0 Å². The zero-order chi connectivity index (χ0) is 15.4. The minimum Gasteiger partial charge on any atom is -0.325 e. The maximum Gasteiger partial charge on any atom is 0.237 e. The van der Waals surface area contributed by atoms with Gasteiger partial charge in [0.15, 0.2) is 0 Å². The molecule has 21 heavy (non-hydrogen) atoms. The molecule has 0 aromatic heterocycles. The van der Waals surface area contributed by atoms with Crippen LogP contribution in [0.15, 0.2) is 47.4 Å². The van der Waals surface area contributed by atoms with E-state index in [1.54, 1.807) is 11.8 Å². The van der Waals surface area contributed by atoms with Gasteiger partial charge >= 0.3 is 0 Å². The lowest BCUT2D eigenvalue weighted by atomic mass is 10.1. The molecule has 3 heteroatoms. The predicted octanol–water partition coefficient (Wildman–Crippen LogP) is 4.73. The summed E-state index contributed by atoms with van der Waals surface area (Å²) in [5, 5.41) is 2.88. The molecule has 0 fully saturated rings. The first-order valence-electron chi connectivity index (χ1n) is 7.07. The van der Waals surface area contributed by atoms with E-state index in [1.165, 1.54) is 11.1 Å². The third-order valence-electron chi connectivity index (χ3n) is 3.34. The van der Waals surface area contributed by atoms with Crippen LogP contribution < -0.4 is 5.32 Å². The van der Waals surface area contributed by atoms with Crippen molar-refractivity contribution in [1.29, 1.82) is 0 Å². The van der Waals surface area contributed by atoms with Gasteiger partial charge in [-0.05, 0) is 51.5 Å². The van der Waals surface area contributed by atoms with Crippen molar-refractivity contribution in [3.8, 4) is 0 Å². The van der Waals surface area contributed by atoms with Crippen molar-refractivity contribution >= 4 is 23.4 Å². The first-order valence-corrected chi connectivity index (χ1v) is 7.95. The molecule has 1 amide bonds. The van der Waals surface area contributed by atoms with Gasteiger partial charge in [-0.25, -0.2) is 0 Å². The van der Waals surface area contributed by atoms with Crippen LogP contribution in [0.1, 0.15) is 23.6 Å². The number of amides is 1. The van der Waals surface area contributed by atoms with E-state index in [4.69, 9.17) is 0 Å². The van der Waals surface area contributed by atoms with Gasteiger partial charge in [-0.1, -0.05) is 35.4 Å². The molecule has 0 heterocycles. The Bertz CT molecular complexity index is 634. The van der Waals surface area contributed by atoms with Gasteiger partial charge in [-0.3, -0.25) is 4.79 Å². The molecule has 0 saturated heterocycles. The smallest absolute Gasteiger partial charge is 0.237 e. The highest BCUT2D eigenvalue weighted by Crippen LogP contribution is 2.25. The van der Waals surface area contributed by atoms with Crippen molar-refractivity contribution in [3.63, 3.8) is 0 Å². The van der Waals surface area contributed by atoms with E-state index in [0.717, 1.165) is 16.1 Å². The second-order valence-corrected chi connectivity index (χ2v) is 6.79. The number of benzene rings is 2. The number of carbonyl (C=O) groups excluding carboxylic acids is 1. The van der Waals surface area contributed by atoms with Gasteiger partial charge < -0.3 is 5.32 Å². The standard InChI is InChI=1S/C18H21NOS/c1-12-5-8-16(9-6-12)21-15(4)18(20)19-17-10-7-13(2)11-14(17)3/h5-11,15H,1-4H3,(H,19,20)/t15-/m0/s1. The van der Waals surface area contributed by atoms with Crippen LogP contribution in [-0.4, -0.2) is 11.2 Å². The number of hydrogen-bond acceptors (Lipinski definition) is 2. The van der Waals surface area contributed by atoms with E-state index in [9.17, 15) is 4.79 Å². The van der Waals surface area contributed by atoms with E-state index >= 15 is 0 Å². The van der Waals surface area contributed by atoms with Crippen LogP contribution in [0.2, 0.25) is 0 Å². The predicted molar refractivity (Wildman–Crippen MR) is 91.0 cm³/mol. The van der Waals surface area contributed by atoms with E-state index < -0.39 is 0 Å². The average Bonchev–Trinajstić information content (AvgIpc) is 2.44. The van der Waals surface area contributed by atoms with Gasteiger partial charge in [0.05, 0.1) is 5.25 Å². The van der Waals surface area contributed by atoms with Crippen molar-refractivity contribution in [2.24, 2.45) is 0 Å². The quantitative estimate of drug-likeness (QED) is 0.827. The zero-order valence-electron chi connectivity index (χ0n) is 12.9. The molecular weight excluding hydrogens is 278 g/mol. The lowest BCUT2D eigenvalue weighted by molar-refractivity contribution is -0.115. The molecule has 0 bridgehead atoms. The molecule has 0 saturated carbocycles. The molecule has 0 aliphatic rings. The maximum atomic E-state index is 12.3. The highest BCUT2D eigenvalue weighted by molar-refractivity contribution is 8.00. The fourth-order valence-electron chi connectivity index (χ4n) is 2.06. The zero-order valence-corrected chi connectivity index (χ0v) is 13.8. The highest BCUT2D eigenvalue weighted by Gasteiger charge is 2.15. The topological polar surface area (TPSA) is 29.1 Å². The summed E-state index contributed by atoms with van der Waals surface area (Å²) < 4.78 is 0. The number of hydrogen-bond donors (Lipinski definition) is 1. The van der Waals surface area contributed by atoms with Crippen molar-refractivity contribution in [3.05, 3.63) is 59.2 Å². The van der Waals surface area contributed by atoms with Gasteiger partial charge in [-0.15, -0.1) is 11.8 Å². The van der Waals surface area contributed by atoms with E-state index in [2.05, 4.69) is 49.5 Å². The van der Waals surface area contributed by atoms with Gasteiger partial charge in [0.25, 0.3) is 0 Å². The minimum absolute atomic E-state index is 0.0347. The molecule has 0 aliphatic heterocycles. The number of nitrogens with one attached hydrogen (secondary N) is 1. The molecule has 2 rings (SSSR count). The molecule has 2 aromatic rings. The Labute approximate surface area is 131 Å². The Morgan fingerprint density at radius 2 is 1.62 bits per heavy atom. The second-order valence-electron chi connectivity index (χ2n) is 5.38. The van der Waals surface area contributed by atoms with Crippen molar-refractivity contribution < 1.29 is 4.79 Å². The van der Waals surface area contributed by atoms with Crippen LogP contribution >= 0.6 is 11.8 Å². The Morgan fingerprint density at radius 3 is 2.24 bits per heavy atom. The summed E-state index contributed by atoms with van der Waals surface area (Å²) >= 11 is 1.58. The Morgan fingerprint density at radius 1 is 1.00 bits per heavy atom. The molecule has 0 unspecified atom stereocenters. The fraction of sp³-hybridized carbons (Fsp3) is 0.278. The third kappa shape index (κ3) is 4.36. The minimum atomic E-state index is -0.131. The molecule has 1 N–H and O–H groups in total. The number of rotatable bonds is 4. The first-order chi connectivity index (χ1) is 9.95. The Hall–Kier alpha value is -1.74. The maximum absolute atomic E-state index is 12.3. The molecule has 0 spiro atoms. The Kier molecular flexibility index (Phi) is 5.07. The number of carbonyl (C=O) groups is 1. The first kappa shape index (κ1) is 15.6. The summed E-state index contributed by atoms with van der Waals surface area (Å²) in [6.45, 7) is 8.06. The van der Waals surface area contributed by atoms with Crippen LogP contribution in [0, 0.1) is 20.8 Å². The summed E-state index contributed by atoms with van der Waals surface area (Å²) in [5.41, 5.74) is 4.41. The largest absolute Gasteiger partial charge is 0.325 e. The summed E-state index contributed by atoms with van der Waals surface area (Å²) in [7, 11) is 0. The number of thioether (sulfide) groups is 1. The lowest BCUT2D eigenvalue weighted by Gasteiger charge is -2.14. The van der Waals surface area contributed by atoms with Crippen LogP contribution in [0.4, 0.5) is 5.69 Å². The van der Waals surface area contributed by atoms with Crippen LogP contribution in [-0.2, 0) is 4.79 Å². The molecule has 110 valence electrons. The van der Waals surface area contributed by atoms with Gasteiger partial charge in [0.1, 0.15) is 0 Å². The highest BCUT2D eigenvalue weighted by atomic mass is 32.2. The van der Waals surface area contributed by atoms with E-state index in [1.807, 2.05) is 26.0 Å². The Balaban J connectivity index is 2.00. The SMILES string of the molecule is Cc1ccc(S[C@@H](C)C(=O)Nc2ccc(C)cc2C)cc1. The van der Waals surface area contributed by atoms with Crippen LogP contribution in [0.5, 0.6) is 0 Å². The summed E-state index contributed by atoms with van der Waals surface area (Å²) in [6, 6.07) is 14.3. The molecule has 0 radical (unpaired) electrons. The molecule has 2 nitrogen and oxygen atoms in total. The fourth-order valence-corrected chi connectivity index (χ4v) is 2.93. The summed E-state index contributed by atoms with van der Waals surface area (Å²) in [6.07, 6.45) is 0. The van der Waals surface area contributed by atoms with Crippen molar-refractivity contribution in [2.45, 2.75) is 37.8 Å². The molecule has 0 aliphatic carbocycles. The van der Waals surface area contributed by atoms with Crippen LogP contribution in [0.25, 0.3) is 0 Å². The van der Waals surface area contributed by atoms with E-state index in [-0.39, 0.29) is 11.2 Å². The van der Waals surface area contributed by atoms with Crippen molar-refractivity contribution in [2.75, 3.05) is 5.32 Å². The average molecular weight is 299 g/mol. The monoisotopic (exact) mass is 299 g/mol. The van der Waals surface area contributed by atoms with Gasteiger partial charge in [0.2, 0.25) is 5.91 Å². The van der Waals surface area contributed by atoms with Gasteiger partial charge in [0, 0.05) is 10.6 Å². The molecular formula is C18H21NOS. The van der Waals surface area contributed by atoms with Crippen molar-refractivity contribution in [1.82, 2.24) is 0 Å². The second kappa shape index (κ2) is 6.81. The van der Waals surface area contributed by atoms with Crippen LogP contribution in [0.3, 0.4) is 0 Å². The number of anilines is 1. The molecule has 2 aromatic carbocycles. The van der Waals surface area contributed by atoms with Gasteiger partial charge in [-0.2, -0.15) is 0 Å². The lowest BCUT2D eigenvalue weighted by Crippen LogP contribution is -2.22. The normalized spacial score (nSPS) is 12.0. The third-order valence-corrected chi connectivity index (χ3v) is 4.45. The molecule has 1 atom stereocenters. The number of aryl methyl sites for hydroxylation is 3. The summed E-state index contributed by atoms with van der Waals surface area (Å²) in [5.74, 6) is 0.0347. The summed E-state index contributed by atoms with van der Waals surface area (Å²) in [4.78, 5) is 13.4.